The van der Waals surface area contributed by atoms with Crippen LogP contribution >= 0.6 is 0 Å². The number of allylic oxidation sites excluding steroid dienone is 4. The fourth-order valence-corrected chi connectivity index (χ4v) is 0. The summed E-state index contributed by atoms with van der Waals surface area (Å²) in [6.45, 7) is 17.4. The maximum Gasteiger partial charge on any atom is 0.106 e. The van der Waals surface area contributed by atoms with E-state index in [1.807, 2.05) is 13.6 Å². The molecule has 0 aliphatic heterocycles. The molecule has 0 aromatic heterocycles. The standard InChI is InChI=1S/2C4H6.2CH2O.Cr/c2*1-3-4-2;2*1-2;/h2*3-4H,1-2H2;2*1H2;. The molecule has 0 unspecified atom stereocenters. The molecule has 74 valence electrons. The van der Waals surface area contributed by atoms with Crippen molar-refractivity contribution in [2.24, 2.45) is 0 Å². The van der Waals surface area contributed by atoms with Gasteiger partial charge in [-0.2, -0.15) is 0 Å². The maximum atomic E-state index is 8.00. The summed E-state index contributed by atoms with van der Waals surface area (Å²) in [5, 5.41) is 0. The Labute approximate surface area is 91.5 Å². The molecule has 0 rings (SSSR count). The van der Waals surface area contributed by atoms with Crippen molar-refractivity contribution >= 4 is 13.6 Å². The van der Waals surface area contributed by atoms with Crippen molar-refractivity contribution in [3.8, 4) is 0 Å². The Morgan fingerprint density at radius 1 is 0.538 bits per heavy atom. The van der Waals surface area contributed by atoms with Gasteiger partial charge in [-0.3, -0.25) is 0 Å². The topological polar surface area (TPSA) is 34.1 Å². The van der Waals surface area contributed by atoms with Crippen LogP contribution in [0.4, 0.5) is 0 Å². The van der Waals surface area contributed by atoms with Gasteiger partial charge in [-0.05, 0) is 0 Å². The molecule has 0 saturated heterocycles. The van der Waals surface area contributed by atoms with Crippen LogP contribution in [0.5, 0.6) is 0 Å². The molecule has 0 radical (unpaired) electrons. The third-order valence-electron chi connectivity index (χ3n) is 0.333. The predicted molar refractivity (Wildman–Crippen MR) is 55.0 cm³/mol. The van der Waals surface area contributed by atoms with Crippen LogP contribution < -0.4 is 0 Å². The summed E-state index contributed by atoms with van der Waals surface area (Å²) in [4.78, 5) is 16.0. The van der Waals surface area contributed by atoms with E-state index in [9.17, 15) is 0 Å². The zero-order valence-electron chi connectivity index (χ0n) is 7.78. The molecule has 0 saturated carbocycles. The second-order valence-corrected chi connectivity index (χ2v) is 0.943. The van der Waals surface area contributed by atoms with E-state index >= 15 is 0 Å². The number of carbonyl (C=O) groups is 2. The number of rotatable bonds is 2. The summed E-state index contributed by atoms with van der Waals surface area (Å²) in [5.41, 5.74) is 0. The second kappa shape index (κ2) is 131. The van der Waals surface area contributed by atoms with Crippen LogP contribution in [-0.2, 0) is 27.0 Å². The van der Waals surface area contributed by atoms with Gasteiger partial charge in [0.05, 0.1) is 0 Å². The minimum absolute atomic E-state index is 0. The van der Waals surface area contributed by atoms with E-state index in [-0.39, 0.29) is 17.4 Å². The van der Waals surface area contributed by atoms with E-state index in [1.54, 1.807) is 24.3 Å². The Kier molecular flexibility index (Phi) is 299. The number of hydrogen-bond acceptors (Lipinski definition) is 2. The summed E-state index contributed by atoms with van der Waals surface area (Å²) < 4.78 is 0. The SMILES string of the molecule is C=CC=C.C=CC=C.C=O.C=O.[Cr]. The van der Waals surface area contributed by atoms with Gasteiger partial charge in [0.15, 0.2) is 0 Å². The van der Waals surface area contributed by atoms with Gasteiger partial charge >= 0.3 is 0 Å². The molecule has 0 amide bonds. The first-order chi connectivity index (χ1) is 5.83. The van der Waals surface area contributed by atoms with Crippen molar-refractivity contribution in [1.29, 1.82) is 0 Å². The number of carbonyl (C=O) groups excluding carboxylic acids is 2. The summed E-state index contributed by atoms with van der Waals surface area (Å²) in [6, 6.07) is 0. The molecule has 13 heavy (non-hydrogen) atoms. The van der Waals surface area contributed by atoms with Crippen molar-refractivity contribution in [3.63, 3.8) is 0 Å². The van der Waals surface area contributed by atoms with Crippen LogP contribution in [0.2, 0.25) is 0 Å². The molecule has 3 heteroatoms. The van der Waals surface area contributed by atoms with Gasteiger partial charge in [0, 0.05) is 17.4 Å². The first-order valence-corrected chi connectivity index (χ1v) is 2.88. The van der Waals surface area contributed by atoms with Crippen LogP contribution in [0.15, 0.2) is 50.6 Å². The Morgan fingerprint density at radius 2 is 0.615 bits per heavy atom. The van der Waals surface area contributed by atoms with E-state index in [0.717, 1.165) is 0 Å². The first kappa shape index (κ1) is 29.7. The van der Waals surface area contributed by atoms with E-state index in [0.29, 0.717) is 0 Å². The Bertz CT molecular complexity index is 85.5. The van der Waals surface area contributed by atoms with E-state index in [2.05, 4.69) is 26.3 Å². The zero-order valence-corrected chi connectivity index (χ0v) is 9.05. The van der Waals surface area contributed by atoms with E-state index in [1.165, 1.54) is 0 Å². The molecule has 0 atom stereocenters. The molecule has 0 aromatic rings. The molecular weight excluding hydrogens is 204 g/mol. The van der Waals surface area contributed by atoms with Crippen LogP contribution in [0.3, 0.4) is 0 Å². The monoisotopic (exact) mass is 220 g/mol. The van der Waals surface area contributed by atoms with Gasteiger partial charge in [0.1, 0.15) is 13.6 Å². The average molecular weight is 220 g/mol. The molecule has 0 aromatic carbocycles. The number of hydrogen-bond donors (Lipinski definition) is 0. The van der Waals surface area contributed by atoms with Crippen molar-refractivity contribution < 1.29 is 27.0 Å². The molecule has 0 bridgehead atoms. The van der Waals surface area contributed by atoms with Crippen molar-refractivity contribution in [3.05, 3.63) is 50.6 Å². The van der Waals surface area contributed by atoms with Crippen molar-refractivity contribution in [1.82, 2.24) is 0 Å². The van der Waals surface area contributed by atoms with E-state index < -0.39 is 0 Å². The van der Waals surface area contributed by atoms with Gasteiger partial charge in [-0.15, -0.1) is 0 Å². The summed E-state index contributed by atoms with van der Waals surface area (Å²) in [6.07, 6.45) is 6.56. The normalized spacial score (nSPS) is 3.69. The minimum atomic E-state index is 0. The quantitative estimate of drug-likeness (QED) is 0.669. The van der Waals surface area contributed by atoms with Crippen LogP contribution in [0, 0.1) is 0 Å². The largest absolute Gasteiger partial charge is 0.307 e. The van der Waals surface area contributed by atoms with Crippen LogP contribution in [0.25, 0.3) is 0 Å². The Morgan fingerprint density at radius 3 is 0.615 bits per heavy atom. The van der Waals surface area contributed by atoms with Crippen LogP contribution in [-0.4, -0.2) is 13.6 Å². The zero-order chi connectivity index (χ0) is 10.8. The molecule has 0 N–H and O–H groups in total. The average Bonchev–Trinajstić information content (AvgIpc) is 2.23. The molecule has 0 heterocycles. The Balaban J connectivity index is -0.0000000226. The molecule has 0 fully saturated rings. The fourth-order valence-electron chi connectivity index (χ4n) is 0. The maximum absolute atomic E-state index is 8.00. The summed E-state index contributed by atoms with van der Waals surface area (Å²) in [7, 11) is 0. The molecule has 0 aliphatic rings. The Hall–Kier alpha value is -1.17. The first-order valence-electron chi connectivity index (χ1n) is 2.88. The van der Waals surface area contributed by atoms with Gasteiger partial charge in [0.25, 0.3) is 0 Å². The van der Waals surface area contributed by atoms with Crippen LogP contribution in [0.1, 0.15) is 0 Å². The van der Waals surface area contributed by atoms with Gasteiger partial charge in [-0.1, -0.05) is 50.6 Å². The predicted octanol–water partition coefficient (Wildman–Crippen LogP) is 2.34. The third-order valence-corrected chi connectivity index (χ3v) is 0.333. The summed E-state index contributed by atoms with van der Waals surface area (Å²) in [5.74, 6) is 0. The van der Waals surface area contributed by atoms with Gasteiger partial charge in [-0.25, -0.2) is 0 Å². The minimum Gasteiger partial charge on any atom is -0.307 e. The second-order valence-electron chi connectivity index (χ2n) is 0.943. The summed E-state index contributed by atoms with van der Waals surface area (Å²) >= 11 is 0. The smallest absolute Gasteiger partial charge is 0.106 e. The molecule has 2 nitrogen and oxygen atoms in total. The molecular formula is C10H16CrO2. The molecule has 0 spiro atoms. The van der Waals surface area contributed by atoms with Crippen molar-refractivity contribution in [2.45, 2.75) is 0 Å². The van der Waals surface area contributed by atoms with Gasteiger partial charge in [0.2, 0.25) is 0 Å². The van der Waals surface area contributed by atoms with Crippen molar-refractivity contribution in [2.75, 3.05) is 0 Å². The third kappa shape index (κ3) is 1220. The van der Waals surface area contributed by atoms with E-state index in [4.69, 9.17) is 9.59 Å². The fraction of sp³-hybridized carbons (Fsp3) is 0. The molecule has 0 aliphatic carbocycles. The van der Waals surface area contributed by atoms with Gasteiger partial charge < -0.3 is 9.59 Å².